The monoisotopic (exact) mass is 377 g/mol. The van der Waals surface area contributed by atoms with Crippen LogP contribution in [0, 0.1) is 0 Å². The summed E-state index contributed by atoms with van der Waals surface area (Å²) < 4.78 is 7.03. The Balaban J connectivity index is 1.58. The number of nitrogens with zero attached hydrogens (tertiary/aromatic N) is 2. The molecule has 6 heteroatoms. The number of hydrogen-bond donors (Lipinski definition) is 1. The molecule has 0 saturated carbocycles. The lowest BCUT2D eigenvalue weighted by molar-refractivity contribution is -0.143. The Morgan fingerprint density at radius 3 is 2.61 bits per heavy atom. The largest absolute Gasteiger partial charge is 0.467 e. The van der Waals surface area contributed by atoms with Gasteiger partial charge < -0.3 is 19.5 Å². The zero-order valence-corrected chi connectivity index (χ0v) is 16.0. The van der Waals surface area contributed by atoms with Crippen molar-refractivity contribution in [3.63, 3.8) is 0 Å². The van der Waals surface area contributed by atoms with E-state index in [-0.39, 0.29) is 6.03 Å². The van der Waals surface area contributed by atoms with Gasteiger partial charge in [-0.2, -0.15) is 0 Å². The Morgan fingerprint density at radius 1 is 1.07 bits per heavy atom. The van der Waals surface area contributed by atoms with E-state index in [0.29, 0.717) is 18.7 Å². The maximum Gasteiger partial charge on any atom is 0.333 e. The molecule has 2 amide bonds. The number of carbonyl (C=O) groups excluding carboxylic acids is 2. The zero-order valence-electron chi connectivity index (χ0n) is 16.0. The van der Waals surface area contributed by atoms with Crippen LogP contribution in [0.25, 0.3) is 10.9 Å². The van der Waals surface area contributed by atoms with Gasteiger partial charge in [0, 0.05) is 37.2 Å². The number of aromatic nitrogens is 1. The van der Waals surface area contributed by atoms with Crippen molar-refractivity contribution >= 4 is 22.9 Å². The van der Waals surface area contributed by atoms with Crippen LogP contribution in [0.4, 0.5) is 4.79 Å². The summed E-state index contributed by atoms with van der Waals surface area (Å²) in [5, 5.41) is 4.08. The van der Waals surface area contributed by atoms with Crippen LogP contribution in [0.3, 0.4) is 0 Å². The van der Waals surface area contributed by atoms with Crippen molar-refractivity contribution in [1.29, 1.82) is 0 Å². The molecule has 1 aliphatic rings. The molecule has 2 heterocycles. The molecule has 3 aromatic rings. The summed E-state index contributed by atoms with van der Waals surface area (Å²) in [6, 6.07) is 14.2. The molecule has 0 aliphatic carbocycles. The second-order valence-corrected chi connectivity index (χ2v) is 7.06. The predicted molar refractivity (Wildman–Crippen MR) is 107 cm³/mol. The molecular weight excluding hydrogens is 354 g/mol. The van der Waals surface area contributed by atoms with Crippen LogP contribution in [0.1, 0.15) is 22.7 Å². The van der Waals surface area contributed by atoms with E-state index in [0.717, 1.165) is 12.0 Å². The Hall–Kier alpha value is -3.28. The van der Waals surface area contributed by atoms with Gasteiger partial charge in [-0.15, -0.1) is 0 Å². The van der Waals surface area contributed by atoms with E-state index in [4.69, 9.17) is 4.74 Å². The third-order valence-corrected chi connectivity index (χ3v) is 5.32. The Bertz CT molecular complexity index is 1030. The summed E-state index contributed by atoms with van der Waals surface area (Å²) in [5.74, 6) is -0.486. The average molecular weight is 377 g/mol. The summed E-state index contributed by atoms with van der Waals surface area (Å²) in [6.45, 7) is 1.09. The molecule has 1 N–H and O–H groups in total. The summed E-state index contributed by atoms with van der Waals surface area (Å²) in [5.41, 5.74) is 4.24. The third kappa shape index (κ3) is 3.22. The minimum atomic E-state index is -0.832. The number of nitrogens with one attached hydrogen (secondary N) is 1. The number of benzene rings is 2. The van der Waals surface area contributed by atoms with Crippen molar-refractivity contribution in [2.24, 2.45) is 7.05 Å². The van der Waals surface area contributed by atoms with Gasteiger partial charge in [-0.25, -0.2) is 9.59 Å². The second-order valence-electron chi connectivity index (χ2n) is 7.06. The van der Waals surface area contributed by atoms with Crippen LogP contribution < -0.4 is 5.32 Å². The van der Waals surface area contributed by atoms with E-state index in [1.807, 2.05) is 31.3 Å². The second kappa shape index (κ2) is 7.38. The van der Waals surface area contributed by atoms with Gasteiger partial charge in [0.1, 0.15) is 0 Å². The first-order valence-electron chi connectivity index (χ1n) is 9.32. The number of urea groups is 1. The van der Waals surface area contributed by atoms with Gasteiger partial charge >= 0.3 is 12.0 Å². The van der Waals surface area contributed by atoms with Crippen LogP contribution in [0.2, 0.25) is 0 Å². The highest BCUT2D eigenvalue weighted by Crippen LogP contribution is 2.29. The SMILES string of the molecule is COC(=O)C(NC(=O)N1CCc2cn(C)c3cccc(c23)C1)c1ccccc1. The minimum absolute atomic E-state index is 0.272. The lowest BCUT2D eigenvalue weighted by Crippen LogP contribution is -2.44. The molecule has 4 rings (SSSR count). The van der Waals surface area contributed by atoms with E-state index in [1.165, 1.54) is 23.6 Å². The molecule has 6 nitrogen and oxygen atoms in total. The summed E-state index contributed by atoms with van der Waals surface area (Å²) in [4.78, 5) is 27.0. The summed E-state index contributed by atoms with van der Waals surface area (Å²) in [7, 11) is 3.37. The smallest absolute Gasteiger partial charge is 0.333 e. The Kier molecular flexibility index (Phi) is 4.77. The molecule has 0 bridgehead atoms. The van der Waals surface area contributed by atoms with E-state index in [2.05, 4.69) is 28.2 Å². The Morgan fingerprint density at radius 2 is 1.86 bits per heavy atom. The highest BCUT2D eigenvalue weighted by molar-refractivity contribution is 5.89. The van der Waals surface area contributed by atoms with E-state index in [1.54, 1.807) is 17.0 Å². The number of carbonyl (C=O) groups is 2. The first-order valence-corrected chi connectivity index (χ1v) is 9.32. The fourth-order valence-electron chi connectivity index (χ4n) is 3.91. The van der Waals surface area contributed by atoms with Crippen molar-refractivity contribution in [3.05, 3.63) is 71.4 Å². The van der Waals surface area contributed by atoms with Crippen molar-refractivity contribution in [2.45, 2.75) is 19.0 Å². The molecule has 1 aliphatic heterocycles. The number of rotatable bonds is 3. The first kappa shape index (κ1) is 18.1. The Labute approximate surface area is 163 Å². The molecule has 1 aromatic heterocycles. The van der Waals surface area contributed by atoms with Gasteiger partial charge in [0.2, 0.25) is 0 Å². The van der Waals surface area contributed by atoms with E-state index >= 15 is 0 Å². The number of ether oxygens (including phenoxy) is 1. The van der Waals surface area contributed by atoms with Gasteiger partial charge in [-0.3, -0.25) is 0 Å². The highest BCUT2D eigenvalue weighted by atomic mass is 16.5. The minimum Gasteiger partial charge on any atom is -0.467 e. The number of esters is 1. The molecule has 28 heavy (non-hydrogen) atoms. The molecule has 0 spiro atoms. The fraction of sp³-hybridized carbons (Fsp3) is 0.273. The maximum absolute atomic E-state index is 13.0. The van der Waals surface area contributed by atoms with Crippen LogP contribution in [0.5, 0.6) is 0 Å². The molecule has 0 saturated heterocycles. The fourth-order valence-corrected chi connectivity index (χ4v) is 3.91. The van der Waals surface area contributed by atoms with E-state index < -0.39 is 12.0 Å². The topological polar surface area (TPSA) is 63.6 Å². The first-order chi connectivity index (χ1) is 13.6. The molecule has 1 atom stereocenters. The molecule has 144 valence electrons. The quantitative estimate of drug-likeness (QED) is 0.713. The van der Waals surface area contributed by atoms with Crippen molar-refractivity contribution < 1.29 is 14.3 Å². The molecule has 0 radical (unpaired) electrons. The number of methoxy groups -OCH3 is 1. The number of amides is 2. The summed E-state index contributed by atoms with van der Waals surface area (Å²) >= 11 is 0. The predicted octanol–water partition coefficient (Wildman–Crippen LogP) is 3.16. The van der Waals surface area contributed by atoms with Gasteiger partial charge in [-0.05, 0) is 29.2 Å². The molecule has 1 unspecified atom stereocenters. The van der Waals surface area contributed by atoms with E-state index in [9.17, 15) is 9.59 Å². The third-order valence-electron chi connectivity index (χ3n) is 5.32. The number of aryl methyl sites for hydroxylation is 1. The van der Waals surface area contributed by atoms with Gasteiger partial charge in [-0.1, -0.05) is 42.5 Å². The molecule has 2 aromatic carbocycles. The maximum atomic E-state index is 13.0. The van der Waals surface area contributed by atoms with Crippen molar-refractivity contribution in [1.82, 2.24) is 14.8 Å². The van der Waals surface area contributed by atoms with Gasteiger partial charge in [0.15, 0.2) is 6.04 Å². The molecule has 0 fully saturated rings. The normalized spacial score (nSPS) is 14.4. The lowest BCUT2D eigenvalue weighted by atomic mass is 10.1. The van der Waals surface area contributed by atoms with Gasteiger partial charge in [0.05, 0.1) is 7.11 Å². The van der Waals surface area contributed by atoms with Crippen LogP contribution >= 0.6 is 0 Å². The standard InChI is InChI=1S/C22H23N3O3/c1-24-13-17-11-12-25(14-16-9-6-10-18(24)19(16)17)22(27)23-20(21(26)28-2)15-7-4-3-5-8-15/h3-10,13,20H,11-12,14H2,1-2H3,(H,23,27). The molecular formula is C22H23N3O3. The zero-order chi connectivity index (χ0) is 19.7. The average Bonchev–Trinajstić information content (AvgIpc) is 2.93. The van der Waals surface area contributed by atoms with Crippen LogP contribution in [-0.4, -0.2) is 35.1 Å². The number of hydrogen-bond acceptors (Lipinski definition) is 3. The van der Waals surface area contributed by atoms with Crippen molar-refractivity contribution in [2.75, 3.05) is 13.7 Å². The van der Waals surface area contributed by atoms with Gasteiger partial charge in [0.25, 0.3) is 0 Å². The highest BCUT2D eigenvalue weighted by Gasteiger charge is 2.27. The van der Waals surface area contributed by atoms with Crippen molar-refractivity contribution in [3.8, 4) is 0 Å². The summed E-state index contributed by atoms with van der Waals surface area (Å²) in [6.07, 6.45) is 2.91. The van der Waals surface area contributed by atoms with Crippen LogP contribution in [-0.2, 0) is 29.5 Å². The lowest BCUT2D eigenvalue weighted by Gasteiger charge is -2.25. The van der Waals surface area contributed by atoms with Crippen LogP contribution in [0.15, 0.2) is 54.7 Å².